The molecule has 0 saturated carbocycles. The van der Waals surface area contributed by atoms with Gasteiger partial charge in [-0.05, 0) is 42.0 Å². The van der Waals surface area contributed by atoms with Gasteiger partial charge >= 0.3 is 0 Å². The molecule has 1 aliphatic rings. The summed E-state index contributed by atoms with van der Waals surface area (Å²) >= 11 is 13.4. The zero-order valence-electron chi connectivity index (χ0n) is 14.7. The van der Waals surface area contributed by atoms with E-state index < -0.39 is 0 Å². The van der Waals surface area contributed by atoms with Crippen molar-refractivity contribution in [1.82, 2.24) is 9.80 Å². The zero-order valence-corrected chi connectivity index (χ0v) is 17.1. The molecule has 3 rings (SSSR count). The molecule has 0 unspecified atom stereocenters. The van der Waals surface area contributed by atoms with Crippen LogP contribution in [0.3, 0.4) is 0 Å². The van der Waals surface area contributed by atoms with Gasteiger partial charge in [-0.3, -0.25) is 9.59 Å². The number of benzene rings is 2. The van der Waals surface area contributed by atoms with Gasteiger partial charge in [-0.1, -0.05) is 35.3 Å². The average molecular weight is 423 g/mol. The van der Waals surface area contributed by atoms with Gasteiger partial charge in [0.1, 0.15) is 0 Å². The molecule has 0 radical (unpaired) electrons. The molecule has 7 heteroatoms. The number of amides is 2. The molecule has 4 nitrogen and oxygen atoms in total. The summed E-state index contributed by atoms with van der Waals surface area (Å²) in [6.45, 7) is 2.23. The van der Waals surface area contributed by atoms with Gasteiger partial charge in [-0.15, -0.1) is 11.8 Å². The predicted octanol–water partition coefficient (Wildman–Crippen LogP) is 4.21. The van der Waals surface area contributed by atoms with Crippen LogP contribution in [0.25, 0.3) is 0 Å². The van der Waals surface area contributed by atoms with E-state index in [0.29, 0.717) is 47.5 Å². The van der Waals surface area contributed by atoms with Crippen LogP contribution in [0.1, 0.15) is 15.9 Å². The van der Waals surface area contributed by atoms with Gasteiger partial charge in [0.15, 0.2) is 0 Å². The molecule has 1 aliphatic heterocycles. The fourth-order valence-corrected chi connectivity index (χ4v) is 4.12. The Kier molecular flexibility index (Phi) is 7.05. The second-order valence-corrected chi connectivity index (χ2v) is 8.16. The Balaban J connectivity index is 1.43. The summed E-state index contributed by atoms with van der Waals surface area (Å²) in [6, 6.07) is 14.6. The molecule has 1 heterocycles. The smallest absolute Gasteiger partial charge is 0.253 e. The van der Waals surface area contributed by atoms with Crippen LogP contribution in [-0.4, -0.2) is 53.5 Å². The quantitative estimate of drug-likeness (QED) is 0.724. The Bertz CT molecular complexity index is 806. The third-order valence-electron chi connectivity index (χ3n) is 4.39. The minimum absolute atomic E-state index is 0.0194. The predicted molar refractivity (Wildman–Crippen MR) is 112 cm³/mol. The molecular formula is C20H20Cl2N2O2S. The molecule has 2 aromatic rings. The van der Waals surface area contributed by atoms with Crippen molar-refractivity contribution in [2.45, 2.75) is 5.75 Å². The van der Waals surface area contributed by atoms with Crippen molar-refractivity contribution in [3.05, 3.63) is 69.7 Å². The van der Waals surface area contributed by atoms with Crippen LogP contribution in [0.4, 0.5) is 0 Å². The normalized spacial score (nSPS) is 14.3. The van der Waals surface area contributed by atoms with Crippen LogP contribution in [-0.2, 0) is 10.5 Å². The van der Waals surface area contributed by atoms with Crippen LogP contribution in [0.15, 0.2) is 48.5 Å². The van der Waals surface area contributed by atoms with E-state index in [9.17, 15) is 9.59 Å². The molecule has 0 aliphatic carbocycles. The van der Waals surface area contributed by atoms with E-state index in [1.165, 1.54) is 0 Å². The summed E-state index contributed by atoms with van der Waals surface area (Å²) in [5, 5.41) is 1.32. The van der Waals surface area contributed by atoms with Gasteiger partial charge in [0.2, 0.25) is 5.91 Å². The Hall–Kier alpha value is -1.69. The van der Waals surface area contributed by atoms with Crippen LogP contribution in [0.5, 0.6) is 0 Å². The maximum absolute atomic E-state index is 12.5. The molecule has 0 aromatic heterocycles. The first-order chi connectivity index (χ1) is 13.0. The van der Waals surface area contributed by atoms with Gasteiger partial charge in [0, 0.05) is 47.5 Å². The SMILES string of the molecule is O=C(CSCc1cccc(Cl)c1)N1CCN(C(=O)c2ccc(Cl)cc2)CC1. The highest BCUT2D eigenvalue weighted by Gasteiger charge is 2.24. The number of hydrogen-bond donors (Lipinski definition) is 0. The second-order valence-electron chi connectivity index (χ2n) is 6.30. The summed E-state index contributed by atoms with van der Waals surface area (Å²) in [6.07, 6.45) is 0. The lowest BCUT2D eigenvalue weighted by Crippen LogP contribution is -2.51. The Labute approximate surface area is 173 Å². The number of hydrogen-bond acceptors (Lipinski definition) is 3. The lowest BCUT2D eigenvalue weighted by atomic mass is 10.2. The minimum Gasteiger partial charge on any atom is -0.338 e. The molecular weight excluding hydrogens is 403 g/mol. The van der Waals surface area contributed by atoms with Crippen molar-refractivity contribution in [2.75, 3.05) is 31.9 Å². The average Bonchev–Trinajstić information content (AvgIpc) is 2.68. The van der Waals surface area contributed by atoms with Crippen molar-refractivity contribution in [3.8, 4) is 0 Å². The summed E-state index contributed by atoms with van der Waals surface area (Å²) < 4.78 is 0. The molecule has 0 spiro atoms. The van der Waals surface area contributed by atoms with Crippen molar-refractivity contribution < 1.29 is 9.59 Å². The van der Waals surface area contributed by atoms with E-state index in [0.717, 1.165) is 11.3 Å². The molecule has 0 N–H and O–H groups in total. The van der Waals surface area contributed by atoms with Crippen molar-refractivity contribution in [2.24, 2.45) is 0 Å². The number of piperazine rings is 1. The van der Waals surface area contributed by atoms with E-state index in [-0.39, 0.29) is 11.8 Å². The lowest BCUT2D eigenvalue weighted by molar-refractivity contribution is -0.129. The summed E-state index contributed by atoms with van der Waals surface area (Å²) in [5.74, 6) is 1.27. The monoisotopic (exact) mass is 422 g/mol. The summed E-state index contributed by atoms with van der Waals surface area (Å²) in [5.41, 5.74) is 1.73. The first-order valence-electron chi connectivity index (χ1n) is 8.68. The molecule has 142 valence electrons. The largest absolute Gasteiger partial charge is 0.338 e. The third-order valence-corrected chi connectivity index (χ3v) is 5.87. The highest BCUT2D eigenvalue weighted by molar-refractivity contribution is 7.99. The molecule has 0 bridgehead atoms. The first-order valence-corrected chi connectivity index (χ1v) is 10.6. The van der Waals surface area contributed by atoms with Gasteiger partial charge in [-0.2, -0.15) is 0 Å². The number of thioether (sulfide) groups is 1. The van der Waals surface area contributed by atoms with E-state index in [1.54, 1.807) is 40.9 Å². The highest BCUT2D eigenvalue weighted by Crippen LogP contribution is 2.18. The van der Waals surface area contributed by atoms with Crippen molar-refractivity contribution >= 4 is 46.8 Å². The number of carbonyl (C=O) groups excluding carboxylic acids is 2. The molecule has 2 amide bonds. The third kappa shape index (κ3) is 5.64. The molecule has 2 aromatic carbocycles. The molecule has 0 atom stereocenters. The fourth-order valence-electron chi connectivity index (χ4n) is 2.91. The number of nitrogens with zero attached hydrogens (tertiary/aromatic N) is 2. The van der Waals surface area contributed by atoms with Gasteiger partial charge in [0.25, 0.3) is 5.91 Å². The van der Waals surface area contributed by atoms with Gasteiger partial charge < -0.3 is 9.80 Å². The fraction of sp³-hybridized carbons (Fsp3) is 0.300. The van der Waals surface area contributed by atoms with Crippen LogP contribution in [0.2, 0.25) is 10.0 Å². The number of carbonyl (C=O) groups is 2. The Morgan fingerprint density at radius 2 is 1.56 bits per heavy atom. The van der Waals surface area contributed by atoms with E-state index in [4.69, 9.17) is 23.2 Å². The topological polar surface area (TPSA) is 40.6 Å². The Morgan fingerprint density at radius 1 is 0.889 bits per heavy atom. The zero-order chi connectivity index (χ0) is 19.2. The maximum atomic E-state index is 12.5. The highest BCUT2D eigenvalue weighted by atomic mass is 35.5. The molecule has 27 heavy (non-hydrogen) atoms. The second kappa shape index (κ2) is 9.49. The van der Waals surface area contributed by atoms with Crippen molar-refractivity contribution in [1.29, 1.82) is 0 Å². The standard InChI is InChI=1S/C20H20Cl2N2O2S/c21-17-6-4-16(5-7-17)20(26)24-10-8-23(9-11-24)19(25)14-27-13-15-2-1-3-18(22)12-15/h1-7,12H,8-11,13-14H2. The lowest BCUT2D eigenvalue weighted by Gasteiger charge is -2.34. The van der Waals surface area contributed by atoms with Crippen LogP contribution in [0, 0.1) is 0 Å². The number of halogens is 2. The number of rotatable bonds is 5. The first kappa shape index (κ1) is 20.1. The summed E-state index contributed by atoms with van der Waals surface area (Å²) in [7, 11) is 0. The summed E-state index contributed by atoms with van der Waals surface area (Å²) in [4.78, 5) is 28.5. The maximum Gasteiger partial charge on any atom is 0.253 e. The van der Waals surface area contributed by atoms with Gasteiger partial charge in [-0.25, -0.2) is 0 Å². The van der Waals surface area contributed by atoms with Crippen molar-refractivity contribution in [3.63, 3.8) is 0 Å². The molecule has 1 saturated heterocycles. The van der Waals surface area contributed by atoms with Crippen LogP contribution >= 0.6 is 35.0 Å². The van der Waals surface area contributed by atoms with E-state index in [1.807, 2.05) is 29.2 Å². The van der Waals surface area contributed by atoms with E-state index in [2.05, 4.69) is 0 Å². The molecule has 1 fully saturated rings. The van der Waals surface area contributed by atoms with Gasteiger partial charge in [0.05, 0.1) is 5.75 Å². The Morgan fingerprint density at radius 3 is 2.22 bits per heavy atom. The minimum atomic E-state index is -0.0194. The van der Waals surface area contributed by atoms with E-state index >= 15 is 0 Å². The van der Waals surface area contributed by atoms with Crippen LogP contribution < -0.4 is 0 Å².